The van der Waals surface area contributed by atoms with Crippen LogP contribution in [0.4, 0.5) is 0 Å². The lowest BCUT2D eigenvalue weighted by atomic mass is 9.84. The average molecular weight is 354 g/mol. The van der Waals surface area contributed by atoms with Crippen LogP contribution in [-0.4, -0.2) is 75.5 Å². The molecule has 1 aliphatic carbocycles. The number of amides is 1. The second-order valence-corrected chi connectivity index (χ2v) is 7.27. The smallest absolute Gasteiger partial charge is 0.230 e. The highest BCUT2D eigenvalue weighted by atomic mass is 16.2. The molecule has 1 rings (SSSR count). The molecule has 0 radical (unpaired) electrons. The number of carbonyl (C=O) groups excluding carboxylic acids is 1. The van der Waals surface area contributed by atoms with Crippen LogP contribution in [-0.2, 0) is 4.79 Å². The van der Waals surface area contributed by atoms with Crippen molar-refractivity contribution in [2.24, 2.45) is 10.4 Å². The highest BCUT2D eigenvalue weighted by Crippen LogP contribution is 2.38. The molecule has 6 nitrogen and oxygen atoms in total. The lowest BCUT2D eigenvalue weighted by Gasteiger charge is -2.31. The molecule has 25 heavy (non-hydrogen) atoms. The topological polar surface area (TPSA) is 60.0 Å². The van der Waals surface area contributed by atoms with Crippen LogP contribution < -0.4 is 10.6 Å². The minimum absolute atomic E-state index is 0.243. The zero-order valence-corrected chi connectivity index (χ0v) is 17.0. The molecule has 0 atom stereocenters. The van der Waals surface area contributed by atoms with Gasteiger partial charge in [-0.1, -0.05) is 26.7 Å². The number of guanidine groups is 1. The number of hydrogen-bond acceptors (Lipinski definition) is 3. The minimum atomic E-state index is -0.260. The molecular weight excluding hydrogens is 314 g/mol. The maximum Gasteiger partial charge on any atom is 0.230 e. The van der Waals surface area contributed by atoms with Gasteiger partial charge in [-0.15, -0.1) is 0 Å². The Morgan fingerprint density at radius 3 is 2.24 bits per heavy atom. The summed E-state index contributed by atoms with van der Waals surface area (Å²) in [7, 11) is 5.50. The molecule has 0 aromatic carbocycles. The van der Waals surface area contributed by atoms with Crippen molar-refractivity contribution in [3.05, 3.63) is 0 Å². The van der Waals surface area contributed by atoms with E-state index in [1.165, 1.54) is 6.42 Å². The van der Waals surface area contributed by atoms with E-state index in [-0.39, 0.29) is 11.3 Å². The van der Waals surface area contributed by atoms with Gasteiger partial charge in [-0.05, 0) is 45.3 Å². The molecule has 2 N–H and O–H groups in total. The number of nitrogens with zero attached hydrogens (tertiary/aromatic N) is 3. The number of hydrogen-bond donors (Lipinski definition) is 2. The molecule has 1 fully saturated rings. The summed E-state index contributed by atoms with van der Waals surface area (Å²) in [6.45, 7) is 9.40. The fraction of sp³-hybridized carbons (Fsp3) is 0.895. The van der Waals surface area contributed by atoms with E-state index < -0.39 is 0 Å². The van der Waals surface area contributed by atoms with Crippen molar-refractivity contribution >= 4 is 11.9 Å². The van der Waals surface area contributed by atoms with Crippen molar-refractivity contribution in [3.8, 4) is 0 Å². The Labute approximate surface area is 154 Å². The second-order valence-electron chi connectivity index (χ2n) is 7.27. The number of aliphatic imine (C=N–C) groups is 1. The van der Waals surface area contributed by atoms with Crippen LogP contribution >= 0.6 is 0 Å². The van der Waals surface area contributed by atoms with Crippen LogP contribution in [0.1, 0.15) is 52.4 Å². The highest BCUT2D eigenvalue weighted by molar-refractivity contribution is 5.85. The quantitative estimate of drug-likeness (QED) is 0.358. The van der Waals surface area contributed by atoms with Crippen molar-refractivity contribution in [1.82, 2.24) is 20.4 Å². The first kappa shape index (κ1) is 21.7. The van der Waals surface area contributed by atoms with E-state index in [9.17, 15) is 4.79 Å². The zero-order valence-electron chi connectivity index (χ0n) is 17.0. The first-order valence-corrected chi connectivity index (χ1v) is 9.87. The summed E-state index contributed by atoms with van der Waals surface area (Å²) in [6, 6.07) is 0. The lowest BCUT2D eigenvalue weighted by molar-refractivity contribution is -0.138. The second kappa shape index (κ2) is 11.3. The van der Waals surface area contributed by atoms with Crippen molar-refractivity contribution in [2.75, 3.05) is 53.9 Å². The Balaban J connectivity index is 2.37. The van der Waals surface area contributed by atoms with E-state index in [2.05, 4.69) is 34.4 Å². The first-order valence-electron chi connectivity index (χ1n) is 9.87. The Bertz CT molecular complexity index is 412. The van der Waals surface area contributed by atoms with Gasteiger partial charge in [0.25, 0.3) is 0 Å². The van der Waals surface area contributed by atoms with Gasteiger partial charge in [-0.25, -0.2) is 0 Å². The SMILES string of the molecule is CCN(CC)CCCCNC(=NC)NCC1(C(=O)N(C)C)CCCC1. The predicted octanol–water partition coefficient (Wildman–Crippen LogP) is 1.92. The van der Waals surface area contributed by atoms with E-state index in [1.807, 2.05) is 14.1 Å². The monoisotopic (exact) mass is 353 g/mol. The molecule has 0 bridgehead atoms. The molecule has 6 heteroatoms. The predicted molar refractivity (Wildman–Crippen MR) is 106 cm³/mol. The minimum Gasteiger partial charge on any atom is -0.356 e. The molecule has 0 unspecified atom stereocenters. The third kappa shape index (κ3) is 6.84. The van der Waals surface area contributed by atoms with Crippen molar-refractivity contribution < 1.29 is 4.79 Å². The van der Waals surface area contributed by atoms with Gasteiger partial charge < -0.3 is 20.4 Å². The van der Waals surface area contributed by atoms with Gasteiger partial charge in [0, 0.05) is 34.2 Å². The summed E-state index contributed by atoms with van der Waals surface area (Å²) in [6.07, 6.45) is 6.53. The van der Waals surface area contributed by atoms with Gasteiger partial charge in [0.05, 0.1) is 5.41 Å². The third-order valence-corrected chi connectivity index (χ3v) is 5.33. The number of unbranched alkanes of at least 4 members (excludes halogenated alkanes) is 1. The maximum atomic E-state index is 12.6. The van der Waals surface area contributed by atoms with Gasteiger partial charge in [0.15, 0.2) is 5.96 Å². The zero-order chi connectivity index (χ0) is 18.7. The largest absolute Gasteiger partial charge is 0.356 e. The summed E-state index contributed by atoms with van der Waals surface area (Å²) in [5.41, 5.74) is -0.260. The van der Waals surface area contributed by atoms with Crippen LogP contribution in [0, 0.1) is 5.41 Å². The summed E-state index contributed by atoms with van der Waals surface area (Å²) >= 11 is 0. The van der Waals surface area contributed by atoms with Gasteiger partial charge in [0.2, 0.25) is 5.91 Å². The summed E-state index contributed by atoms with van der Waals surface area (Å²) < 4.78 is 0. The van der Waals surface area contributed by atoms with Gasteiger partial charge in [0.1, 0.15) is 0 Å². The van der Waals surface area contributed by atoms with E-state index >= 15 is 0 Å². The van der Waals surface area contributed by atoms with Crippen molar-refractivity contribution in [1.29, 1.82) is 0 Å². The fourth-order valence-corrected chi connectivity index (χ4v) is 3.67. The first-order chi connectivity index (χ1) is 12.0. The molecule has 1 amide bonds. The average Bonchev–Trinajstić information content (AvgIpc) is 3.10. The molecule has 0 saturated heterocycles. The Morgan fingerprint density at radius 2 is 1.72 bits per heavy atom. The lowest BCUT2D eigenvalue weighted by Crippen LogP contribution is -2.49. The Kier molecular flexibility index (Phi) is 9.86. The number of carbonyl (C=O) groups is 1. The van der Waals surface area contributed by atoms with Crippen LogP contribution in [0.25, 0.3) is 0 Å². The highest BCUT2D eigenvalue weighted by Gasteiger charge is 2.42. The van der Waals surface area contributed by atoms with E-state index in [4.69, 9.17) is 0 Å². The van der Waals surface area contributed by atoms with Crippen LogP contribution in [0.5, 0.6) is 0 Å². The van der Waals surface area contributed by atoms with Gasteiger partial charge in [-0.3, -0.25) is 9.79 Å². The van der Waals surface area contributed by atoms with Gasteiger partial charge >= 0.3 is 0 Å². The molecular formula is C19H39N5O. The fourth-order valence-electron chi connectivity index (χ4n) is 3.67. The summed E-state index contributed by atoms with van der Waals surface area (Å²) in [5.74, 6) is 1.05. The summed E-state index contributed by atoms with van der Waals surface area (Å²) in [4.78, 5) is 21.1. The molecule has 0 spiro atoms. The molecule has 0 aromatic rings. The molecule has 1 aliphatic rings. The van der Waals surface area contributed by atoms with E-state index in [1.54, 1.807) is 11.9 Å². The Hall–Kier alpha value is -1.30. The van der Waals surface area contributed by atoms with Gasteiger partial charge in [-0.2, -0.15) is 0 Å². The number of nitrogens with one attached hydrogen (secondary N) is 2. The van der Waals surface area contributed by atoms with Crippen molar-refractivity contribution in [3.63, 3.8) is 0 Å². The standard InChI is InChI=1S/C19H39N5O/c1-6-24(7-2)15-11-10-14-21-18(20-3)22-16-19(12-8-9-13-19)17(25)23(4)5/h6-16H2,1-5H3,(H2,20,21,22). The summed E-state index contributed by atoms with van der Waals surface area (Å²) in [5, 5.41) is 6.77. The van der Waals surface area contributed by atoms with Crippen LogP contribution in [0.2, 0.25) is 0 Å². The maximum absolute atomic E-state index is 12.6. The third-order valence-electron chi connectivity index (χ3n) is 5.33. The molecule has 0 aromatic heterocycles. The van der Waals surface area contributed by atoms with E-state index in [0.29, 0.717) is 6.54 Å². The normalized spacial score (nSPS) is 17.0. The molecule has 0 heterocycles. The number of rotatable bonds is 10. The van der Waals surface area contributed by atoms with Crippen LogP contribution in [0.3, 0.4) is 0 Å². The molecule has 1 saturated carbocycles. The van der Waals surface area contributed by atoms with Crippen LogP contribution in [0.15, 0.2) is 4.99 Å². The molecule has 146 valence electrons. The van der Waals surface area contributed by atoms with E-state index in [0.717, 1.165) is 64.2 Å². The van der Waals surface area contributed by atoms with Crippen molar-refractivity contribution in [2.45, 2.75) is 52.4 Å². The Morgan fingerprint density at radius 1 is 1.08 bits per heavy atom. The molecule has 0 aliphatic heterocycles.